The molecule has 1 aliphatic carbocycles. The molecule has 1 saturated heterocycles. The van der Waals surface area contributed by atoms with Gasteiger partial charge < -0.3 is 4.90 Å². The molecule has 1 amide bonds. The number of carbonyl (C=O) groups is 1. The van der Waals surface area contributed by atoms with Crippen LogP contribution < -0.4 is 4.90 Å². The number of piperazine rings is 1. The van der Waals surface area contributed by atoms with E-state index in [2.05, 4.69) is 6.07 Å². The Kier molecular flexibility index (Phi) is 6.31. The van der Waals surface area contributed by atoms with Crippen LogP contribution >= 0.6 is 0 Å². The van der Waals surface area contributed by atoms with Crippen molar-refractivity contribution >= 4 is 27.2 Å². The molecule has 1 fully saturated rings. The molecular formula is C29H25N3O3S. The number of nitriles is 1. The van der Waals surface area contributed by atoms with Crippen molar-refractivity contribution in [3.63, 3.8) is 0 Å². The van der Waals surface area contributed by atoms with Gasteiger partial charge in [0.1, 0.15) is 5.41 Å². The number of anilines is 1. The van der Waals surface area contributed by atoms with Crippen LogP contribution in [0.1, 0.15) is 12.0 Å². The van der Waals surface area contributed by atoms with Crippen LogP contribution in [0.2, 0.25) is 0 Å². The minimum Gasteiger partial charge on any atom is -0.305 e. The molecule has 0 N–H and O–H groups in total. The van der Waals surface area contributed by atoms with Gasteiger partial charge in [-0.1, -0.05) is 85.0 Å². The van der Waals surface area contributed by atoms with Crippen LogP contribution in [0.15, 0.2) is 114 Å². The quantitative estimate of drug-likeness (QED) is 0.516. The summed E-state index contributed by atoms with van der Waals surface area (Å²) in [6.45, 7) is -0.299. The van der Waals surface area contributed by atoms with Gasteiger partial charge >= 0.3 is 0 Å². The summed E-state index contributed by atoms with van der Waals surface area (Å²) in [5.41, 5.74) is 1.46. The van der Waals surface area contributed by atoms with E-state index in [0.29, 0.717) is 12.1 Å². The van der Waals surface area contributed by atoms with Gasteiger partial charge in [-0.25, -0.2) is 8.42 Å². The molecule has 5 rings (SSSR count). The average Bonchev–Trinajstić information content (AvgIpc) is 2.94. The lowest BCUT2D eigenvalue weighted by molar-refractivity contribution is -0.121. The standard InChI is InChI=1S/C29H25N3O3S/c30-22-29(18-10-13-24(19-29)23-11-4-1-5-12-23)27-20-31(36(34,35)26-16-8-3-9-17-26)21-28(33)32(27)25-14-6-2-7-15-25/h1-18,27H,19-21H2. The van der Waals surface area contributed by atoms with Gasteiger partial charge in [-0.3, -0.25) is 4.79 Å². The lowest BCUT2D eigenvalue weighted by Gasteiger charge is -2.47. The highest BCUT2D eigenvalue weighted by atomic mass is 32.2. The van der Waals surface area contributed by atoms with E-state index < -0.39 is 21.5 Å². The van der Waals surface area contributed by atoms with E-state index in [1.54, 1.807) is 23.1 Å². The zero-order valence-corrected chi connectivity index (χ0v) is 20.4. The molecule has 36 heavy (non-hydrogen) atoms. The molecule has 3 aromatic rings. The number of allylic oxidation sites excluding steroid dienone is 3. The number of sulfonamides is 1. The van der Waals surface area contributed by atoms with Crippen LogP contribution in [-0.2, 0) is 14.8 Å². The average molecular weight is 496 g/mol. The smallest absolute Gasteiger partial charge is 0.243 e. The van der Waals surface area contributed by atoms with Crippen molar-refractivity contribution in [1.29, 1.82) is 5.26 Å². The van der Waals surface area contributed by atoms with E-state index in [0.717, 1.165) is 11.1 Å². The van der Waals surface area contributed by atoms with Gasteiger partial charge in [0.05, 0.1) is 23.6 Å². The number of rotatable bonds is 5. The number of para-hydroxylation sites is 1. The van der Waals surface area contributed by atoms with Crippen LogP contribution in [0.3, 0.4) is 0 Å². The molecule has 0 aromatic heterocycles. The van der Waals surface area contributed by atoms with Gasteiger partial charge in [-0.05, 0) is 41.8 Å². The minimum atomic E-state index is -3.94. The fraction of sp³-hybridized carbons (Fsp3) is 0.172. The Morgan fingerprint density at radius 3 is 2.14 bits per heavy atom. The van der Waals surface area contributed by atoms with E-state index in [1.165, 1.54) is 16.4 Å². The Morgan fingerprint density at radius 2 is 1.50 bits per heavy atom. The van der Waals surface area contributed by atoms with Crippen LogP contribution in [0, 0.1) is 16.7 Å². The minimum absolute atomic E-state index is 0.00215. The second kappa shape index (κ2) is 9.57. The highest BCUT2D eigenvalue weighted by Gasteiger charge is 2.50. The number of amides is 1. The molecule has 180 valence electrons. The Labute approximate surface area is 211 Å². The van der Waals surface area contributed by atoms with Crippen molar-refractivity contribution in [2.45, 2.75) is 17.4 Å². The molecule has 2 aliphatic rings. The summed E-state index contributed by atoms with van der Waals surface area (Å²) in [6.07, 6.45) is 5.98. The van der Waals surface area contributed by atoms with Crippen molar-refractivity contribution in [3.05, 3.63) is 115 Å². The summed E-state index contributed by atoms with van der Waals surface area (Å²) in [7, 11) is -3.94. The van der Waals surface area contributed by atoms with Crippen LogP contribution in [0.4, 0.5) is 5.69 Å². The summed E-state index contributed by atoms with van der Waals surface area (Å²) in [5, 5.41) is 10.6. The molecule has 3 aromatic carbocycles. The van der Waals surface area contributed by atoms with Crippen molar-refractivity contribution in [3.8, 4) is 6.07 Å². The predicted octanol–water partition coefficient (Wildman–Crippen LogP) is 4.65. The topological polar surface area (TPSA) is 81.5 Å². The molecule has 0 spiro atoms. The molecular weight excluding hydrogens is 470 g/mol. The summed E-state index contributed by atoms with van der Waals surface area (Å²) in [5.74, 6) is -0.365. The number of hydrogen-bond acceptors (Lipinski definition) is 4. The Bertz CT molecular complexity index is 1460. The lowest BCUT2D eigenvalue weighted by Crippen LogP contribution is -2.63. The largest absolute Gasteiger partial charge is 0.305 e. The molecule has 2 unspecified atom stereocenters. The number of hydrogen-bond donors (Lipinski definition) is 0. The monoisotopic (exact) mass is 495 g/mol. The van der Waals surface area contributed by atoms with Gasteiger partial charge in [0.25, 0.3) is 0 Å². The molecule has 0 bridgehead atoms. The SMILES string of the molecule is N#CC1(C2CN(S(=O)(=O)c3ccccc3)CC(=O)N2c2ccccc2)C=CC=C(c2ccccc2)C1. The molecule has 1 aliphatic heterocycles. The zero-order valence-electron chi connectivity index (χ0n) is 19.6. The number of carbonyl (C=O) groups excluding carboxylic acids is 1. The number of benzene rings is 3. The van der Waals surface area contributed by atoms with Gasteiger partial charge in [0.15, 0.2) is 0 Å². The first-order valence-corrected chi connectivity index (χ1v) is 13.2. The van der Waals surface area contributed by atoms with Gasteiger partial charge in [-0.2, -0.15) is 9.57 Å². The molecule has 1 heterocycles. The third-order valence-corrected chi connectivity index (χ3v) is 8.63. The second-order valence-electron chi connectivity index (χ2n) is 8.97. The number of nitrogens with zero attached hydrogens (tertiary/aromatic N) is 3. The van der Waals surface area contributed by atoms with Crippen LogP contribution in [-0.4, -0.2) is 37.8 Å². The van der Waals surface area contributed by atoms with Crippen LogP contribution in [0.25, 0.3) is 5.57 Å². The van der Waals surface area contributed by atoms with E-state index in [9.17, 15) is 18.5 Å². The Hall–Kier alpha value is -3.99. The molecule has 0 radical (unpaired) electrons. The van der Waals surface area contributed by atoms with Crippen LogP contribution in [0.5, 0.6) is 0 Å². The van der Waals surface area contributed by atoms with Crippen molar-refractivity contribution in [1.82, 2.24) is 4.31 Å². The maximum absolute atomic E-state index is 13.6. The predicted molar refractivity (Wildman–Crippen MR) is 139 cm³/mol. The maximum atomic E-state index is 13.6. The van der Waals surface area contributed by atoms with E-state index in [4.69, 9.17) is 0 Å². The maximum Gasteiger partial charge on any atom is 0.243 e. The first-order chi connectivity index (χ1) is 17.4. The van der Waals surface area contributed by atoms with E-state index in [-0.39, 0.29) is 23.9 Å². The third kappa shape index (κ3) is 4.26. The Morgan fingerprint density at radius 1 is 0.889 bits per heavy atom. The molecule has 2 atom stereocenters. The highest BCUT2D eigenvalue weighted by Crippen LogP contribution is 2.43. The molecule has 7 heteroatoms. The fourth-order valence-corrected chi connectivity index (χ4v) is 6.39. The van der Waals surface area contributed by atoms with Gasteiger partial charge in [0.2, 0.25) is 15.9 Å². The van der Waals surface area contributed by atoms with Crippen molar-refractivity contribution in [2.24, 2.45) is 5.41 Å². The summed E-state index contributed by atoms with van der Waals surface area (Å²) in [6, 6.07) is 28.8. The van der Waals surface area contributed by atoms with E-state index in [1.807, 2.05) is 78.9 Å². The normalized spacial score (nSPS) is 22.6. The summed E-state index contributed by atoms with van der Waals surface area (Å²) < 4.78 is 28.3. The highest BCUT2D eigenvalue weighted by molar-refractivity contribution is 7.89. The third-order valence-electron chi connectivity index (χ3n) is 6.81. The Balaban J connectivity index is 1.59. The fourth-order valence-electron chi connectivity index (χ4n) is 4.97. The summed E-state index contributed by atoms with van der Waals surface area (Å²) in [4.78, 5) is 15.4. The van der Waals surface area contributed by atoms with Crippen molar-refractivity contribution in [2.75, 3.05) is 18.0 Å². The van der Waals surface area contributed by atoms with E-state index >= 15 is 0 Å². The molecule has 6 nitrogen and oxygen atoms in total. The first-order valence-electron chi connectivity index (χ1n) is 11.7. The van der Waals surface area contributed by atoms with Gasteiger partial charge in [0, 0.05) is 12.2 Å². The second-order valence-corrected chi connectivity index (χ2v) is 10.9. The lowest BCUT2D eigenvalue weighted by atomic mass is 9.71. The van der Waals surface area contributed by atoms with Crippen molar-refractivity contribution < 1.29 is 13.2 Å². The summed E-state index contributed by atoms with van der Waals surface area (Å²) >= 11 is 0. The molecule has 0 saturated carbocycles. The zero-order chi connectivity index (χ0) is 25.2. The van der Waals surface area contributed by atoms with Gasteiger partial charge in [-0.15, -0.1) is 0 Å². The first kappa shape index (κ1) is 23.7.